The van der Waals surface area contributed by atoms with E-state index in [0.29, 0.717) is 5.69 Å². The number of anilines is 1. The molecular weight excluding hydrogens is 407 g/mol. The second-order valence-electron chi connectivity index (χ2n) is 5.79. The molecule has 1 amide bonds. The average Bonchev–Trinajstić information content (AvgIpc) is 3.11. The minimum Gasteiger partial charge on any atom is -0.325 e. The van der Waals surface area contributed by atoms with Crippen molar-refractivity contribution in [3.8, 4) is 11.5 Å². The van der Waals surface area contributed by atoms with Gasteiger partial charge >= 0.3 is 6.18 Å². The van der Waals surface area contributed by atoms with Crippen molar-refractivity contribution in [3.05, 3.63) is 54.2 Å². The van der Waals surface area contributed by atoms with Gasteiger partial charge in [-0.1, -0.05) is 30.0 Å². The molecule has 0 saturated carbocycles. The lowest BCUT2D eigenvalue weighted by Crippen LogP contribution is -2.15. The van der Waals surface area contributed by atoms with Gasteiger partial charge in [-0.25, -0.2) is 4.57 Å². The van der Waals surface area contributed by atoms with Crippen LogP contribution in [0.2, 0.25) is 0 Å². The maximum absolute atomic E-state index is 13.0. The number of hydrogen-bond acceptors (Lipinski definition) is 6. The predicted octanol–water partition coefficient (Wildman–Crippen LogP) is 3.75. The molecule has 150 valence electrons. The summed E-state index contributed by atoms with van der Waals surface area (Å²) >= 11 is 0.934. The minimum atomic E-state index is -4.56. The lowest BCUT2D eigenvalue weighted by Gasteiger charge is -2.09. The van der Waals surface area contributed by atoms with Crippen molar-refractivity contribution < 1.29 is 22.8 Å². The van der Waals surface area contributed by atoms with Gasteiger partial charge in [-0.15, -0.1) is 10.2 Å². The Morgan fingerprint density at radius 2 is 1.86 bits per heavy atom. The normalized spacial score (nSPS) is 11.3. The third kappa shape index (κ3) is 4.99. The highest BCUT2D eigenvalue weighted by atomic mass is 32.2. The summed E-state index contributed by atoms with van der Waals surface area (Å²) in [6.07, 6.45) is -3.58. The maximum Gasteiger partial charge on any atom is 0.416 e. The molecule has 2 heterocycles. The number of carbonyl (C=O) groups is 2. The molecule has 2 aromatic heterocycles. The SMILES string of the molecule is CC(=O)n1c(SCC(=O)Nc2ccccc2)nnc1-c1cc(C(F)(F)F)ccn1. The molecular formula is C18H14F3N5O2S. The fourth-order valence-corrected chi connectivity index (χ4v) is 3.17. The van der Waals surface area contributed by atoms with E-state index in [2.05, 4.69) is 20.5 Å². The van der Waals surface area contributed by atoms with Gasteiger partial charge < -0.3 is 5.32 Å². The molecule has 0 spiro atoms. The molecule has 11 heteroatoms. The molecule has 3 aromatic rings. The topological polar surface area (TPSA) is 89.8 Å². The maximum atomic E-state index is 13.0. The van der Waals surface area contributed by atoms with Crippen LogP contribution in [0.4, 0.5) is 18.9 Å². The monoisotopic (exact) mass is 421 g/mol. The first-order valence-corrected chi connectivity index (χ1v) is 9.22. The Hall–Kier alpha value is -3.21. The number of hydrogen-bond donors (Lipinski definition) is 1. The first-order valence-electron chi connectivity index (χ1n) is 8.23. The Labute approximate surface area is 167 Å². The Balaban J connectivity index is 1.81. The van der Waals surface area contributed by atoms with Crippen molar-refractivity contribution in [3.63, 3.8) is 0 Å². The van der Waals surface area contributed by atoms with E-state index in [1.165, 1.54) is 6.92 Å². The van der Waals surface area contributed by atoms with Crippen LogP contribution < -0.4 is 5.32 Å². The fraction of sp³-hybridized carbons (Fsp3) is 0.167. The molecule has 0 aliphatic heterocycles. The summed E-state index contributed by atoms with van der Waals surface area (Å²) in [6, 6.07) is 10.4. The van der Waals surface area contributed by atoms with Crippen molar-refractivity contribution in [1.29, 1.82) is 0 Å². The number of para-hydroxylation sites is 1. The summed E-state index contributed by atoms with van der Waals surface area (Å²) < 4.78 is 39.9. The van der Waals surface area contributed by atoms with Gasteiger partial charge in [0, 0.05) is 18.8 Å². The first-order chi connectivity index (χ1) is 13.8. The van der Waals surface area contributed by atoms with Crippen LogP contribution in [-0.4, -0.2) is 37.3 Å². The molecule has 1 aromatic carbocycles. The molecule has 0 atom stereocenters. The van der Waals surface area contributed by atoms with Gasteiger partial charge in [-0.3, -0.25) is 14.6 Å². The van der Waals surface area contributed by atoms with Gasteiger partial charge in [-0.2, -0.15) is 13.2 Å². The predicted molar refractivity (Wildman–Crippen MR) is 100 cm³/mol. The Bertz CT molecular complexity index is 1040. The molecule has 0 radical (unpaired) electrons. The van der Waals surface area contributed by atoms with Crippen molar-refractivity contribution in [2.75, 3.05) is 11.1 Å². The Morgan fingerprint density at radius 1 is 1.14 bits per heavy atom. The molecule has 3 rings (SSSR count). The summed E-state index contributed by atoms with van der Waals surface area (Å²) in [4.78, 5) is 28.0. The second kappa shape index (κ2) is 8.43. The number of aromatic nitrogens is 4. The summed E-state index contributed by atoms with van der Waals surface area (Å²) in [5, 5.41) is 10.4. The highest BCUT2D eigenvalue weighted by Gasteiger charge is 2.31. The van der Waals surface area contributed by atoms with Crippen molar-refractivity contribution in [2.24, 2.45) is 0 Å². The molecule has 7 nitrogen and oxygen atoms in total. The summed E-state index contributed by atoms with van der Waals surface area (Å²) in [5.41, 5.74) is -0.458. The Kier molecular flexibility index (Phi) is 5.97. The van der Waals surface area contributed by atoms with Crippen LogP contribution in [0.1, 0.15) is 17.3 Å². The summed E-state index contributed by atoms with van der Waals surface area (Å²) in [5.74, 6) is -1.06. The summed E-state index contributed by atoms with van der Waals surface area (Å²) in [6.45, 7) is 1.22. The van der Waals surface area contributed by atoms with Gasteiger partial charge in [0.25, 0.3) is 0 Å². The van der Waals surface area contributed by atoms with Gasteiger partial charge in [0.1, 0.15) is 5.69 Å². The zero-order chi connectivity index (χ0) is 21.0. The number of thioether (sulfide) groups is 1. The zero-order valence-electron chi connectivity index (χ0n) is 15.0. The lowest BCUT2D eigenvalue weighted by atomic mass is 10.2. The van der Waals surface area contributed by atoms with Gasteiger partial charge in [0.2, 0.25) is 11.8 Å². The van der Waals surface area contributed by atoms with Crippen LogP contribution in [-0.2, 0) is 11.0 Å². The molecule has 1 N–H and O–H groups in total. The number of amides is 1. The van der Waals surface area contributed by atoms with E-state index in [1.807, 2.05) is 6.07 Å². The van der Waals surface area contributed by atoms with E-state index >= 15 is 0 Å². The number of nitrogens with one attached hydrogen (secondary N) is 1. The highest BCUT2D eigenvalue weighted by Crippen LogP contribution is 2.31. The molecule has 0 fully saturated rings. The van der Waals surface area contributed by atoms with E-state index in [-0.39, 0.29) is 28.3 Å². The number of benzene rings is 1. The summed E-state index contributed by atoms with van der Waals surface area (Å²) in [7, 11) is 0. The second-order valence-corrected chi connectivity index (χ2v) is 6.73. The average molecular weight is 421 g/mol. The highest BCUT2D eigenvalue weighted by molar-refractivity contribution is 7.99. The number of carbonyl (C=O) groups excluding carboxylic acids is 2. The zero-order valence-corrected chi connectivity index (χ0v) is 15.8. The van der Waals surface area contributed by atoms with Crippen molar-refractivity contribution >= 4 is 29.3 Å². The van der Waals surface area contributed by atoms with Gasteiger partial charge in [0.05, 0.1) is 11.3 Å². The molecule has 0 bridgehead atoms. The van der Waals surface area contributed by atoms with Gasteiger partial charge in [-0.05, 0) is 24.3 Å². The fourth-order valence-electron chi connectivity index (χ4n) is 2.39. The van der Waals surface area contributed by atoms with E-state index in [0.717, 1.165) is 34.7 Å². The van der Waals surface area contributed by atoms with Crippen LogP contribution >= 0.6 is 11.8 Å². The first kappa shape index (κ1) is 20.5. The van der Waals surface area contributed by atoms with E-state index in [1.54, 1.807) is 24.3 Å². The largest absolute Gasteiger partial charge is 0.416 e. The van der Waals surface area contributed by atoms with Crippen LogP contribution in [0.25, 0.3) is 11.5 Å². The minimum absolute atomic E-state index is 0.0731. The van der Waals surface area contributed by atoms with Crippen LogP contribution in [0, 0.1) is 0 Å². The molecule has 0 aliphatic carbocycles. The number of rotatable bonds is 5. The number of alkyl halides is 3. The number of nitrogens with zero attached hydrogens (tertiary/aromatic N) is 4. The van der Waals surface area contributed by atoms with Crippen molar-refractivity contribution in [1.82, 2.24) is 19.7 Å². The third-order valence-electron chi connectivity index (χ3n) is 3.65. The van der Waals surface area contributed by atoms with Crippen molar-refractivity contribution in [2.45, 2.75) is 18.3 Å². The Morgan fingerprint density at radius 3 is 2.52 bits per heavy atom. The smallest absolute Gasteiger partial charge is 0.325 e. The van der Waals surface area contributed by atoms with E-state index in [9.17, 15) is 22.8 Å². The molecule has 0 saturated heterocycles. The van der Waals surface area contributed by atoms with Gasteiger partial charge in [0.15, 0.2) is 11.0 Å². The molecule has 0 unspecified atom stereocenters. The standard InChI is InChI=1S/C18H14F3N5O2S/c1-11(27)26-16(14-9-12(7-8-22-14)18(19,20)21)24-25-17(26)29-10-15(28)23-13-5-3-2-4-6-13/h2-9H,10H2,1H3,(H,23,28). The number of pyridine rings is 1. The van der Waals surface area contributed by atoms with E-state index < -0.39 is 17.6 Å². The third-order valence-corrected chi connectivity index (χ3v) is 4.58. The van der Waals surface area contributed by atoms with Crippen LogP contribution in [0.5, 0.6) is 0 Å². The quantitative estimate of drug-likeness (QED) is 0.631. The molecule has 29 heavy (non-hydrogen) atoms. The van der Waals surface area contributed by atoms with E-state index in [4.69, 9.17) is 0 Å². The van der Waals surface area contributed by atoms with Crippen LogP contribution in [0.15, 0.2) is 53.8 Å². The lowest BCUT2D eigenvalue weighted by molar-refractivity contribution is -0.137. The van der Waals surface area contributed by atoms with Crippen LogP contribution in [0.3, 0.4) is 0 Å². The number of halogens is 3. The molecule has 0 aliphatic rings.